The molecule has 0 atom stereocenters. The Morgan fingerprint density at radius 3 is 2.48 bits per heavy atom. The summed E-state index contributed by atoms with van der Waals surface area (Å²) in [6.07, 6.45) is 2.90. The third-order valence-electron chi connectivity index (χ3n) is 5.19. The van der Waals surface area contributed by atoms with Gasteiger partial charge in [0.15, 0.2) is 5.96 Å². The van der Waals surface area contributed by atoms with E-state index in [4.69, 9.17) is 4.74 Å². The van der Waals surface area contributed by atoms with Crippen molar-refractivity contribution in [3.63, 3.8) is 0 Å². The zero-order valence-corrected chi connectivity index (χ0v) is 19.0. The Balaban J connectivity index is 0.00000300. The van der Waals surface area contributed by atoms with Crippen molar-refractivity contribution in [2.75, 3.05) is 27.2 Å². The van der Waals surface area contributed by atoms with E-state index in [1.165, 1.54) is 13.2 Å². The zero-order chi connectivity index (χ0) is 20.0. The number of benzene rings is 2. The van der Waals surface area contributed by atoms with Gasteiger partial charge in [0.25, 0.3) is 0 Å². The summed E-state index contributed by atoms with van der Waals surface area (Å²) in [6, 6.07) is 14.2. The average molecular weight is 511 g/mol. The van der Waals surface area contributed by atoms with Crippen molar-refractivity contribution in [2.45, 2.75) is 24.7 Å². The molecule has 0 radical (unpaired) electrons. The molecule has 1 aliphatic rings. The fraction of sp³-hybridized carbons (Fsp3) is 0.364. The number of guanidine groups is 1. The molecule has 0 heterocycles. The van der Waals surface area contributed by atoms with Crippen LogP contribution in [-0.2, 0) is 16.6 Å². The molecule has 0 bridgehead atoms. The molecule has 2 aromatic carbocycles. The molecule has 156 valence electrons. The molecule has 0 aliphatic heterocycles. The van der Waals surface area contributed by atoms with Crippen LogP contribution in [0.15, 0.2) is 53.5 Å². The van der Waals surface area contributed by atoms with Gasteiger partial charge in [-0.05, 0) is 54.7 Å². The van der Waals surface area contributed by atoms with Crippen LogP contribution < -0.4 is 10.6 Å². The first-order valence-corrected chi connectivity index (χ1v) is 9.44. The molecular formula is C22H27FIN3O2. The third kappa shape index (κ3) is 6.16. The summed E-state index contributed by atoms with van der Waals surface area (Å²) in [5.74, 6) is 0.208. The Bertz CT molecular complexity index is 851. The molecule has 7 heteroatoms. The van der Waals surface area contributed by atoms with Gasteiger partial charge < -0.3 is 15.4 Å². The highest BCUT2D eigenvalue weighted by atomic mass is 127. The van der Waals surface area contributed by atoms with E-state index in [1.807, 2.05) is 18.2 Å². The van der Waals surface area contributed by atoms with Gasteiger partial charge in [-0.2, -0.15) is 0 Å². The number of methoxy groups -OCH3 is 1. The van der Waals surface area contributed by atoms with Crippen LogP contribution in [0.4, 0.5) is 4.39 Å². The number of ether oxygens (including phenoxy) is 1. The number of carbonyl (C=O) groups is 1. The Hall–Kier alpha value is -2.16. The number of hydrogen-bond acceptors (Lipinski definition) is 3. The van der Waals surface area contributed by atoms with Crippen LogP contribution in [0.3, 0.4) is 0 Å². The molecule has 0 amide bonds. The average Bonchev–Trinajstić information content (AvgIpc) is 3.51. The van der Waals surface area contributed by atoms with Gasteiger partial charge in [-0.25, -0.2) is 9.18 Å². The smallest absolute Gasteiger partial charge is 0.337 e. The van der Waals surface area contributed by atoms with Crippen molar-refractivity contribution in [3.05, 3.63) is 71.0 Å². The molecule has 0 spiro atoms. The van der Waals surface area contributed by atoms with Gasteiger partial charge in [-0.1, -0.05) is 24.3 Å². The van der Waals surface area contributed by atoms with Gasteiger partial charge >= 0.3 is 5.97 Å². The van der Waals surface area contributed by atoms with Crippen LogP contribution in [0.5, 0.6) is 0 Å². The maximum Gasteiger partial charge on any atom is 0.337 e. The Kier molecular flexibility index (Phi) is 8.43. The van der Waals surface area contributed by atoms with Crippen molar-refractivity contribution in [1.82, 2.24) is 10.6 Å². The van der Waals surface area contributed by atoms with Crippen LogP contribution in [-0.4, -0.2) is 39.2 Å². The van der Waals surface area contributed by atoms with Gasteiger partial charge in [0.2, 0.25) is 0 Å². The first-order valence-electron chi connectivity index (χ1n) is 9.44. The number of esters is 1. The number of carbonyl (C=O) groups excluding carboxylic acids is 1. The van der Waals surface area contributed by atoms with Crippen molar-refractivity contribution in [2.24, 2.45) is 4.99 Å². The minimum Gasteiger partial charge on any atom is -0.465 e. The van der Waals surface area contributed by atoms with Gasteiger partial charge in [0, 0.05) is 25.6 Å². The number of aliphatic imine (C=N–C) groups is 1. The van der Waals surface area contributed by atoms with E-state index in [-0.39, 0.29) is 41.2 Å². The second kappa shape index (κ2) is 10.6. The van der Waals surface area contributed by atoms with Crippen molar-refractivity contribution >= 4 is 35.9 Å². The maximum absolute atomic E-state index is 13.5. The molecule has 1 aliphatic carbocycles. The van der Waals surface area contributed by atoms with Crippen molar-refractivity contribution < 1.29 is 13.9 Å². The lowest BCUT2D eigenvalue weighted by molar-refractivity contribution is 0.0600. The number of rotatable bonds is 7. The van der Waals surface area contributed by atoms with E-state index < -0.39 is 0 Å². The second-order valence-corrected chi connectivity index (χ2v) is 7.08. The van der Waals surface area contributed by atoms with Crippen LogP contribution in [0.2, 0.25) is 0 Å². The Morgan fingerprint density at radius 1 is 1.17 bits per heavy atom. The number of nitrogens with zero attached hydrogens (tertiary/aromatic N) is 1. The topological polar surface area (TPSA) is 62.7 Å². The van der Waals surface area contributed by atoms with E-state index in [1.54, 1.807) is 31.3 Å². The predicted molar refractivity (Wildman–Crippen MR) is 124 cm³/mol. The molecule has 0 unspecified atom stereocenters. The van der Waals surface area contributed by atoms with Gasteiger partial charge in [-0.3, -0.25) is 4.99 Å². The lowest BCUT2D eigenvalue weighted by Gasteiger charge is -2.19. The Morgan fingerprint density at radius 2 is 1.90 bits per heavy atom. The molecule has 0 saturated heterocycles. The maximum atomic E-state index is 13.5. The normalized spacial score (nSPS) is 14.5. The molecule has 3 rings (SSSR count). The second-order valence-electron chi connectivity index (χ2n) is 7.08. The standard InChI is InChI=1S/C22H26FN3O2.HI/c1-24-21(25-13-10-16-6-8-17(9-7-16)20(27)28-2)26-15-22(11-12-22)18-4-3-5-19(23)14-18;/h3-9,14H,10-13,15H2,1-2H3,(H2,24,25,26);1H. The van der Waals surface area contributed by atoms with Gasteiger partial charge in [0.1, 0.15) is 5.82 Å². The summed E-state index contributed by atoms with van der Waals surface area (Å²) in [5, 5.41) is 6.67. The number of nitrogens with one attached hydrogen (secondary N) is 2. The highest BCUT2D eigenvalue weighted by molar-refractivity contribution is 14.0. The van der Waals surface area contributed by atoms with Crippen LogP contribution in [0.1, 0.15) is 34.3 Å². The number of halogens is 2. The predicted octanol–water partition coefficient (Wildman–Crippen LogP) is 3.67. The fourth-order valence-corrected chi connectivity index (χ4v) is 3.26. The summed E-state index contributed by atoms with van der Waals surface area (Å²) in [5.41, 5.74) is 2.71. The van der Waals surface area contributed by atoms with Gasteiger partial charge in [0.05, 0.1) is 12.7 Å². The molecular weight excluding hydrogens is 484 g/mol. The minimum atomic E-state index is -0.332. The lowest BCUT2D eigenvalue weighted by Crippen LogP contribution is -2.42. The molecule has 2 N–H and O–H groups in total. The largest absolute Gasteiger partial charge is 0.465 e. The van der Waals surface area contributed by atoms with Crippen molar-refractivity contribution in [3.8, 4) is 0 Å². The summed E-state index contributed by atoms with van der Waals surface area (Å²) in [7, 11) is 3.11. The molecule has 1 saturated carbocycles. The Labute approximate surface area is 188 Å². The SMILES string of the molecule is CN=C(NCCc1ccc(C(=O)OC)cc1)NCC1(c2cccc(F)c2)CC1.I. The molecule has 0 aromatic heterocycles. The number of hydrogen-bond donors (Lipinski definition) is 2. The fourth-order valence-electron chi connectivity index (χ4n) is 3.26. The molecule has 1 fully saturated rings. The summed E-state index contributed by atoms with van der Waals surface area (Å²) in [4.78, 5) is 15.7. The van der Waals surface area contributed by atoms with E-state index >= 15 is 0 Å². The quantitative estimate of drug-likeness (QED) is 0.258. The molecule has 5 nitrogen and oxygen atoms in total. The zero-order valence-electron chi connectivity index (χ0n) is 16.7. The van der Waals surface area contributed by atoms with E-state index in [0.717, 1.165) is 42.9 Å². The van der Waals surface area contributed by atoms with Crippen LogP contribution >= 0.6 is 24.0 Å². The van der Waals surface area contributed by atoms with Gasteiger partial charge in [-0.15, -0.1) is 24.0 Å². The van der Waals surface area contributed by atoms with Crippen LogP contribution in [0.25, 0.3) is 0 Å². The van der Waals surface area contributed by atoms with E-state index in [0.29, 0.717) is 12.1 Å². The first-order chi connectivity index (χ1) is 13.6. The van der Waals surface area contributed by atoms with E-state index in [2.05, 4.69) is 15.6 Å². The highest BCUT2D eigenvalue weighted by Crippen LogP contribution is 2.47. The van der Waals surface area contributed by atoms with E-state index in [9.17, 15) is 9.18 Å². The first kappa shape index (κ1) is 23.1. The highest BCUT2D eigenvalue weighted by Gasteiger charge is 2.44. The monoisotopic (exact) mass is 511 g/mol. The summed E-state index contributed by atoms with van der Waals surface area (Å²) in [6.45, 7) is 1.44. The third-order valence-corrected chi connectivity index (χ3v) is 5.19. The molecule has 2 aromatic rings. The minimum absolute atomic E-state index is 0. The van der Waals surface area contributed by atoms with Crippen molar-refractivity contribution in [1.29, 1.82) is 0 Å². The lowest BCUT2D eigenvalue weighted by atomic mass is 9.96. The summed E-state index contributed by atoms with van der Waals surface area (Å²) >= 11 is 0. The summed E-state index contributed by atoms with van der Waals surface area (Å²) < 4.78 is 18.2. The molecule has 29 heavy (non-hydrogen) atoms. The van der Waals surface area contributed by atoms with Crippen LogP contribution in [0, 0.1) is 5.82 Å².